The van der Waals surface area contributed by atoms with Gasteiger partial charge in [0.2, 0.25) is 0 Å². The SMILES string of the molecule is CC(C)S(=O)(=O)c1cccc(C(=O)N2CCN(c3nc4ccc(F)cc4s3)CC2)c1. The Balaban J connectivity index is 1.47. The number of aromatic nitrogens is 1. The highest BCUT2D eigenvalue weighted by Crippen LogP contribution is 2.30. The molecule has 2 aromatic carbocycles. The van der Waals surface area contributed by atoms with E-state index in [-0.39, 0.29) is 16.6 Å². The van der Waals surface area contributed by atoms with Crippen LogP contribution in [0.1, 0.15) is 24.2 Å². The first-order valence-corrected chi connectivity index (χ1v) is 12.1. The molecule has 9 heteroatoms. The standard InChI is InChI=1S/C21H22FN3O3S2/c1-14(2)30(27,28)17-5-3-4-15(12-17)20(26)24-8-10-25(11-9-24)21-23-18-7-6-16(22)13-19(18)29-21/h3-7,12-14H,8-11H2,1-2H3. The van der Waals surface area contributed by atoms with E-state index in [1.807, 2.05) is 0 Å². The van der Waals surface area contributed by atoms with Crippen molar-refractivity contribution in [2.75, 3.05) is 31.1 Å². The molecule has 1 aliphatic rings. The Morgan fingerprint density at radius 1 is 1.10 bits per heavy atom. The summed E-state index contributed by atoms with van der Waals surface area (Å²) in [7, 11) is -3.44. The zero-order chi connectivity index (χ0) is 21.5. The van der Waals surface area contributed by atoms with Crippen molar-refractivity contribution < 1.29 is 17.6 Å². The van der Waals surface area contributed by atoms with E-state index >= 15 is 0 Å². The number of thiazole rings is 1. The Labute approximate surface area is 178 Å². The van der Waals surface area contributed by atoms with Gasteiger partial charge in [0.05, 0.1) is 20.4 Å². The third-order valence-electron chi connectivity index (χ3n) is 5.21. The molecule has 30 heavy (non-hydrogen) atoms. The van der Waals surface area contributed by atoms with E-state index in [1.165, 1.54) is 35.6 Å². The lowest BCUT2D eigenvalue weighted by Gasteiger charge is -2.34. The van der Waals surface area contributed by atoms with Gasteiger partial charge >= 0.3 is 0 Å². The second-order valence-electron chi connectivity index (χ2n) is 7.51. The molecule has 3 aromatic rings. The van der Waals surface area contributed by atoms with Crippen LogP contribution in [0.3, 0.4) is 0 Å². The van der Waals surface area contributed by atoms with E-state index in [2.05, 4.69) is 9.88 Å². The summed E-state index contributed by atoms with van der Waals surface area (Å²) in [5.74, 6) is -0.461. The van der Waals surface area contributed by atoms with Gasteiger partial charge in [0, 0.05) is 31.7 Å². The molecule has 0 aliphatic carbocycles. The molecule has 1 saturated heterocycles. The number of halogens is 1. The highest BCUT2D eigenvalue weighted by atomic mass is 32.2. The molecule has 1 aliphatic heterocycles. The van der Waals surface area contributed by atoms with E-state index < -0.39 is 15.1 Å². The van der Waals surface area contributed by atoms with Gasteiger partial charge in [0.25, 0.3) is 5.91 Å². The van der Waals surface area contributed by atoms with Crippen LogP contribution in [-0.2, 0) is 9.84 Å². The fourth-order valence-corrected chi connectivity index (χ4v) is 5.53. The fourth-order valence-electron chi connectivity index (χ4n) is 3.38. The molecule has 0 N–H and O–H groups in total. The minimum atomic E-state index is -3.44. The highest BCUT2D eigenvalue weighted by Gasteiger charge is 2.26. The van der Waals surface area contributed by atoms with Gasteiger partial charge in [-0.25, -0.2) is 17.8 Å². The minimum Gasteiger partial charge on any atom is -0.345 e. The third kappa shape index (κ3) is 3.91. The number of benzene rings is 2. The van der Waals surface area contributed by atoms with Crippen molar-refractivity contribution in [1.29, 1.82) is 0 Å². The Kier molecular flexibility index (Phi) is 5.50. The number of carbonyl (C=O) groups is 1. The van der Waals surface area contributed by atoms with Crippen molar-refractivity contribution in [3.05, 3.63) is 53.8 Å². The van der Waals surface area contributed by atoms with Crippen LogP contribution in [0.15, 0.2) is 47.4 Å². The predicted octanol–water partition coefficient (Wildman–Crippen LogP) is 3.58. The number of hydrogen-bond acceptors (Lipinski definition) is 6. The zero-order valence-corrected chi connectivity index (χ0v) is 18.3. The maximum Gasteiger partial charge on any atom is 0.254 e. The molecule has 4 rings (SSSR count). The smallest absolute Gasteiger partial charge is 0.254 e. The lowest BCUT2D eigenvalue weighted by molar-refractivity contribution is 0.0746. The van der Waals surface area contributed by atoms with Crippen molar-refractivity contribution in [2.24, 2.45) is 0 Å². The van der Waals surface area contributed by atoms with Crippen molar-refractivity contribution in [3.8, 4) is 0 Å². The Bertz CT molecular complexity index is 1200. The maximum absolute atomic E-state index is 13.4. The zero-order valence-electron chi connectivity index (χ0n) is 16.7. The summed E-state index contributed by atoms with van der Waals surface area (Å²) in [5.41, 5.74) is 1.14. The van der Waals surface area contributed by atoms with E-state index in [1.54, 1.807) is 36.9 Å². The second-order valence-corrected chi connectivity index (χ2v) is 11.0. The molecular weight excluding hydrogens is 425 g/mol. The summed E-state index contributed by atoms with van der Waals surface area (Å²) in [5, 5.41) is 0.265. The number of anilines is 1. The molecule has 1 amide bonds. The molecule has 158 valence electrons. The van der Waals surface area contributed by atoms with E-state index in [0.29, 0.717) is 31.7 Å². The number of carbonyl (C=O) groups excluding carboxylic acids is 1. The topological polar surface area (TPSA) is 70.6 Å². The quantitative estimate of drug-likeness (QED) is 0.611. The van der Waals surface area contributed by atoms with E-state index in [4.69, 9.17) is 0 Å². The first kappa shape index (κ1) is 20.7. The highest BCUT2D eigenvalue weighted by molar-refractivity contribution is 7.92. The fraction of sp³-hybridized carbons (Fsp3) is 0.333. The average molecular weight is 448 g/mol. The molecule has 0 bridgehead atoms. The first-order valence-electron chi connectivity index (χ1n) is 9.70. The van der Waals surface area contributed by atoms with Gasteiger partial charge in [-0.1, -0.05) is 17.4 Å². The van der Waals surface area contributed by atoms with Crippen LogP contribution in [0.5, 0.6) is 0 Å². The van der Waals surface area contributed by atoms with Crippen molar-refractivity contribution in [3.63, 3.8) is 0 Å². The van der Waals surface area contributed by atoms with Crippen molar-refractivity contribution in [2.45, 2.75) is 24.0 Å². The summed E-state index contributed by atoms with van der Waals surface area (Å²) in [6.45, 7) is 5.48. The number of amides is 1. The van der Waals surface area contributed by atoms with Crippen LogP contribution in [0, 0.1) is 5.82 Å². The summed E-state index contributed by atoms with van der Waals surface area (Å²) < 4.78 is 39.1. The van der Waals surface area contributed by atoms with Crippen LogP contribution in [0.2, 0.25) is 0 Å². The minimum absolute atomic E-state index is 0.170. The van der Waals surface area contributed by atoms with Crippen LogP contribution in [0.25, 0.3) is 10.2 Å². The molecule has 0 radical (unpaired) electrons. The first-order chi connectivity index (χ1) is 14.3. The predicted molar refractivity (Wildman–Crippen MR) is 116 cm³/mol. The van der Waals surface area contributed by atoms with Gasteiger partial charge in [0.1, 0.15) is 5.82 Å². The number of piperazine rings is 1. The molecule has 1 aromatic heterocycles. The van der Waals surface area contributed by atoms with Gasteiger partial charge in [-0.15, -0.1) is 0 Å². The van der Waals surface area contributed by atoms with Crippen LogP contribution in [0.4, 0.5) is 9.52 Å². The number of rotatable bonds is 4. The van der Waals surface area contributed by atoms with Crippen LogP contribution in [-0.4, -0.2) is 55.6 Å². The van der Waals surface area contributed by atoms with Gasteiger partial charge in [-0.2, -0.15) is 0 Å². The number of fused-ring (bicyclic) bond motifs is 1. The molecule has 0 unspecified atom stereocenters. The maximum atomic E-state index is 13.4. The molecule has 0 saturated carbocycles. The Morgan fingerprint density at radius 3 is 2.53 bits per heavy atom. The number of nitrogens with zero attached hydrogens (tertiary/aromatic N) is 3. The summed E-state index contributed by atoms with van der Waals surface area (Å²) >= 11 is 1.44. The van der Waals surface area contributed by atoms with Gasteiger partial charge < -0.3 is 9.80 Å². The lowest BCUT2D eigenvalue weighted by Crippen LogP contribution is -2.48. The Hall–Kier alpha value is -2.52. The molecule has 6 nitrogen and oxygen atoms in total. The summed E-state index contributed by atoms with van der Waals surface area (Å²) in [6.07, 6.45) is 0. The van der Waals surface area contributed by atoms with Gasteiger partial charge in [-0.05, 0) is 50.2 Å². The van der Waals surface area contributed by atoms with Crippen LogP contribution >= 0.6 is 11.3 Å². The monoisotopic (exact) mass is 447 g/mol. The third-order valence-corrected chi connectivity index (χ3v) is 8.44. The van der Waals surface area contributed by atoms with Crippen molar-refractivity contribution in [1.82, 2.24) is 9.88 Å². The number of hydrogen-bond donors (Lipinski definition) is 0. The number of sulfone groups is 1. The molecule has 2 heterocycles. The second kappa shape index (κ2) is 7.96. The average Bonchev–Trinajstić information content (AvgIpc) is 3.16. The van der Waals surface area contributed by atoms with Crippen molar-refractivity contribution >= 4 is 42.4 Å². The normalized spacial score (nSPS) is 15.2. The molecule has 0 spiro atoms. The van der Waals surface area contributed by atoms with E-state index in [9.17, 15) is 17.6 Å². The molecular formula is C21H22FN3O3S2. The van der Waals surface area contributed by atoms with E-state index in [0.717, 1.165) is 15.3 Å². The largest absolute Gasteiger partial charge is 0.345 e. The molecule has 1 fully saturated rings. The van der Waals surface area contributed by atoms with Gasteiger partial charge in [-0.3, -0.25) is 4.79 Å². The van der Waals surface area contributed by atoms with Gasteiger partial charge in [0.15, 0.2) is 15.0 Å². The summed E-state index contributed by atoms with van der Waals surface area (Å²) in [6, 6.07) is 10.8. The Morgan fingerprint density at radius 2 is 1.83 bits per heavy atom. The lowest BCUT2D eigenvalue weighted by atomic mass is 10.2. The van der Waals surface area contributed by atoms with Crippen LogP contribution < -0.4 is 4.90 Å². The summed E-state index contributed by atoms with van der Waals surface area (Å²) in [4.78, 5) is 21.5. The molecule has 0 atom stereocenters.